The van der Waals surface area contributed by atoms with E-state index in [0.717, 1.165) is 6.07 Å². The Morgan fingerprint density at radius 2 is 1.68 bits per heavy atom. The second kappa shape index (κ2) is 5.92. The van der Waals surface area contributed by atoms with Gasteiger partial charge in [-0.25, -0.2) is 8.78 Å². The Kier molecular flexibility index (Phi) is 4.46. The first-order valence-electron chi connectivity index (χ1n) is 6.26. The van der Waals surface area contributed by atoms with Crippen molar-refractivity contribution in [1.29, 1.82) is 0 Å². The molecule has 1 aromatic rings. The molecule has 3 atom stereocenters. The molecule has 6 heteroatoms. The Hall–Kier alpha value is -1.08. The fourth-order valence-corrected chi connectivity index (χ4v) is 2.31. The zero-order chi connectivity index (χ0) is 14.0. The van der Waals surface area contributed by atoms with Crippen LogP contribution in [0.15, 0.2) is 18.2 Å². The van der Waals surface area contributed by atoms with E-state index in [-0.39, 0.29) is 0 Å². The molecule has 0 amide bonds. The summed E-state index contributed by atoms with van der Waals surface area (Å²) in [4.78, 5) is 1.88. The van der Waals surface area contributed by atoms with Gasteiger partial charge in [0.2, 0.25) is 0 Å². The first-order valence-corrected chi connectivity index (χ1v) is 6.26. The highest BCUT2D eigenvalue weighted by molar-refractivity contribution is 5.21. The van der Waals surface area contributed by atoms with Crippen LogP contribution in [0.25, 0.3) is 0 Å². The lowest BCUT2D eigenvalue weighted by molar-refractivity contribution is 0.0572. The van der Waals surface area contributed by atoms with Crippen LogP contribution >= 0.6 is 0 Å². The summed E-state index contributed by atoms with van der Waals surface area (Å²) < 4.78 is 26.1. The number of hydrogen-bond donors (Lipinski definition) is 3. The number of nitrogens with two attached hydrogens (primary N) is 1. The minimum Gasteiger partial charge on any atom is -0.389 e. The molecule has 19 heavy (non-hydrogen) atoms. The largest absolute Gasteiger partial charge is 0.389 e. The molecule has 1 heterocycles. The van der Waals surface area contributed by atoms with Gasteiger partial charge in [-0.2, -0.15) is 0 Å². The summed E-state index contributed by atoms with van der Waals surface area (Å²) in [5, 5.41) is 18.8. The van der Waals surface area contributed by atoms with Crippen molar-refractivity contribution in [2.45, 2.75) is 24.7 Å². The molecule has 1 aliphatic heterocycles. The number of rotatable bonds is 4. The number of likely N-dealkylation sites (tertiary alicyclic amines) is 1. The number of β-amino-alcohol motifs (C(OH)–C–C–N with tert-alkyl or cyclic N) is 2. The van der Waals surface area contributed by atoms with Gasteiger partial charge in [0.05, 0.1) is 12.2 Å². The van der Waals surface area contributed by atoms with Gasteiger partial charge in [-0.15, -0.1) is 0 Å². The van der Waals surface area contributed by atoms with Crippen molar-refractivity contribution in [2.24, 2.45) is 5.73 Å². The lowest BCUT2D eigenvalue weighted by atomic mass is 10.0. The van der Waals surface area contributed by atoms with Gasteiger partial charge in [-0.1, -0.05) is 0 Å². The summed E-state index contributed by atoms with van der Waals surface area (Å²) in [7, 11) is 0. The van der Waals surface area contributed by atoms with Gasteiger partial charge in [-0.05, 0) is 24.1 Å². The van der Waals surface area contributed by atoms with Gasteiger partial charge in [-0.3, -0.25) is 4.90 Å². The number of hydrogen-bond acceptors (Lipinski definition) is 4. The van der Waals surface area contributed by atoms with Crippen LogP contribution in [-0.4, -0.2) is 47.0 Å². The van der Waals surface area contributed by atoms with Crippen LogP contribution in [0, 0.1) is 11.6 Å². The minimum absolute atomic E-state index is 0.394. The van der Waals surface area contributed by atoms with E-state index in [4.69, 9.17) is 5.73 Å². The Morgan fingerprint density at radius 1 is 1.16 bits per heavy atom. The van der Waals surface area contributed by atoms with E-state index in [1.165, 1.54) is 12.1 Å². The predicted octanol–water partition coefficient (Wildman–Crippen LogP) is 0.392. The average Bonchev–Trinajstić information content (AvgIpc) is 2.64. The molecule has 0 aromatic heterocycles. The smallest absolute Gasteiger partial charge is 0.126 e. The quantitative estimate of drug-likeness (QED) is 0.742. The molecule has 3 unspecified atom stereocenters. The van der Waals surface area contributed by atoms with Crippen molar-refractivity contribution in [3.8, 4) is 0 Å². The summed E-state index contributed by atoms with van der Waals surface area (Å²) in [6.07, 6.45) is -0.965. The topological polar surface area (TPSA) is 69.7 Å². The zero-order valence-electron chi connectivity index (χ0n) is 10.5. The van der Waals surface area contributed by atoms with Crippen molar-refractivity contribution in [3.63, 3.8) is 0 Å². The fourth-order valence-electron chi connectivity index (χ4n) is 2.31. The van der Waals surface area contributed by atoms with E-state index < -0.39 is 29.9 Å². The van der Waals surface area contributed by atoms with Crippen molar-refractivity contribution in [1.82, 2.24) is 4.90 Å². The second-order valence-corrected chi connectivity index (χ2v) is 4.99. The summed E-state index contributed by atoms with van der Waals surface area (Å²) in [5.74, 6) is -1.28. The van der Waals surface area contributed by atoms with Gasteiger partial charge < -0.3 is 15.9 Å². The summed E-state index contributed by atoms with van der Waals surface area (Å²) in [6, 6.07) is 2.78. The molecule has 1 aromatic carbocycles. The summed E-state index contributed by atoms with van der Waals surface area (Å²) >= 11 is 0. The van der Waals surface area contributed by atoms with Crippen molar-refractivity contribution in [2.75, 3.05) is 19.6 Å². The lowest BCUT2D eigenvalue weighted by Crippen LogP contribution is -2.26. The maximum Gasteiger partial charge on any atom is 0.126 e. The summed E-state index contributed by atoms with van der Waals surface area (Å²) in [6.45, 7) is 1.35. The SMILES string of the molecule is NC(CCN1CC(O)C(O)C1)c1cc(F)cc(F)c1. The third-order valence-corrected chi connectivity index (χ3v) is 3.40. The molecule has 1 aliphatic rings. The molecule has 0 spiro atoms. The second-order valence-electron chi connectivity index (χ2n) is 4.99. The molecule has 106 valence electrons. The minimum atomic E-state index is -0.733. The highest BCUT2D eigenvalue weighted by atomic mass is 19.1. The van der Waals surface area contributed by atoms with Gasteiger partial charge in [0, 0.05) is 31.7 Å². The van der Waals surface area contributed by atoms with E-state index in [1.54, 1.807) is 0 Å². The number of benzene rings is 1. The van der Waals surface area contributed by atoms with E-state index in [0.29, 0.717) is 31.6 Å². The molecule has 0 aliphatic carbocycles. The van der Waals surface area contributed by atoms with Crippen LogP contribution in [0.3, 0.4) is 0 Å². The first-order chi connectivity index (χ1) is 8.95. The normalized spacial score (nSPS) is 25.7. The van der Waals surface area contributed by atoms with E-state index in [1.807, 2.05) is 4.90 Å². The molecule has 0 radical (unpaired) electrons. The first kappa shape index (κ1) is 14.3. The van der Waals surface area contributed by atoms with Crippen molar-refractivity contribution >= 4 is 0 Å². The van der Waals surface area contributed by atoms with Crippen LogP contribution in [0.1, 0.15) is 18.0 Å². The Labute approximate surface area is 110 Å². The molecule has 1 saturated heterocycles. The van der Waals surface area contributed by atoms with Crippen LogP contribution in [-0.2, 0) is 0 Å². The van der Waals surface area contributed by atoms with E-state index >= 15 is 0 Å². The monoisotopic (exact) mass is 272 g/mol. The molecular formula is C13H18F2N2O2. The molecule has 0 saturated carbocycles. The van der Waals surface area contributed by atoms with Crippen LogP contribution in [0.4, 0.5) is 8.78 Å². The molecule has 1 fully saturated rings. The molecule has 4 N–H and O–H groups in total. The maximum absolute atomic E-state index is 13.1. The number of aliphatic hydroxyl groups is 2. The third kappa shape index (κ3) is 3.70. The van der Waals surface area contributed by atoms with Gasteiger partial charge in [0.15, 0.2) is 0 Å². The number of halogens is 2. The molecule has 2 rings (SSSR count). The Balaban J connectivity index is 1.89. The average molecular weight is 272 g/mol. The van der Waals surface area contributed by atoms with Crippen LogP contribution < -0.4 is 5.73 Å². The standard InChI is InChI=1S/C13H18F2N2O2/c14-9-3-8(4-10(15)5-9)11(16)1-2-17-6-12(18)13(19)7-17/h3-5,11-13,18-19H,1-2,6-7,16H2. The highest BCUT2D eigenvalue weighted by Crippen LogP contribution is 2.19. The third-order valence-electron chi connectivity index (χ3n) is 3.40. The zero-order valence-corrected chi connectivity index (χ0v) is 10.5. The Morgan fingerprint density at radius 3 is 2.21 bits per heavy atom. The maximum atomic E-state index is 13.1. The van der Waals surface area contributed by atoms with E-state index in [9.17, 15) is 19.0 Å². The van der Waals surface area contributed by atoms with E-state index in [2.05, 4.69) is 0 Å². The molecule has 0 bridgehead atoms. The van der Waals surface area contributed by atoms with Crippen LogP contribution in [0.5, 0.6) is 0 Å². The molecular weight excluding hydrogens is 254 g/mol. The number of aliphatic hydroxyl groups excluding tert-OH is 2. The van der Waals surface area contributed by atoms with Crippen molar-refractivity contribution < 1.29 is 19.0 Å². The Bertz CT molecular complexity index is 414. The van der Waals surface area contributed by atoms with Gasteiger partial charge in [0.1, 0.15) is 11.6 Å². The van der Waals surface area contributed by atoms with Crippen molar-refractivity contribution in [3.05, 3.63) is 35.4 Å². The molecule has 4 nitrogen and oxygen atoms in total. The number of nitrogens with zero attached hydrogens (tertiary/aromatic N) is 1. The fraction of sp³-hybridized carbons (Fsp3) is 0.538. The predicted molar refractivity (Wildman–Crippen MR) is 66.4 cm³/mol. The summed E-state index contributed by atoms with van der Waals surface area (Å²) in [5.41, 5.74) is 6.31. The highest BCUT2D eigenvalue weighted by Gasteiger charge is 2.29. The lowest BCUT2D eigenvalue weighted by Gasteiger charge is -2.18. The van der Waals surface area contributed by atoms with Crippen LogP contribution in [0.2, 0.25) is 0 Å². The van der Waals surface area contributed by atoms with Gasteiger partial charge in [0.25, 0.3) is 0 Å². The van der Waals surface area contributed by atoms with Gasteiger partial charge >= 0.3 is 0 Å².